The van der Waals surface area contributed by atoms with Crippen molar-refractivity contribution in [2.24, 2.45) is 5.73 Å². The number of rotatable bonds is 4. The van der Waals surface area contributed by atoms with Gasteiger partial charge in [0.15, 0.2) is 0 Å². The van der Waals surface area contributed by atoms with Gasteiger partial charge in [-0.05, 0) is 23.7 Å². The first kappa shape index (κ1) is 10.2. The van der Waals surface area contributed by atoms with Gasteiger partial charge in [-0.25, -0.2) is 0 Å². The molecule has 3 heteroatoms. The molecule has 0 fully saturated rings. The molecule has 0 aliphatic carbocycles. The first-order valence-corrected chi connectivity index (χ1v) is 4.55. The molecule has 0 aliphatic heterocycles. The summed E-state index contributed by atoms with van der Waals surface area (Å²) >= 11 is 5.31. The molecule has 1 aromatic rings. The molecule has 1 atom stereocenters. The Morgan fingerprint density at radius 1 is 1.38 bits per heavy atom. The maximum Gasteiger partial charge on any atom is 0.222 e. The summed E-state index contributed by atoms with van der Waals surface area (Å²) in [6.07, 6.45) is 0.308. The van der Waals surface area contributed by atoms with Crippen LogP contribution in [0.15, 0.2) is 30.3 Å². The normalized spacial score (nSPS) is 12.5. The lowest BCUT2D eigenvalue weighted by Crippen LogP contribution is -2.14. The summed E-state index contributed by atoms with van der Waals surface area (Å²) in [5.74, 6) is 0.0474. The van der Waals surface area contributed by atoms with Crippen molar-refractivity contribution in [1.82, 2.24) is 0 Å². The van der Waals surface area contributed by atoms with Crippen molar-refractivity contribution in [3.8, 4) is 0 Å². The zero-order valence-corrected chi connectivity index (χ0v) is 8.00. The first-order valence-electron chi connectivity index (χ1n) is 4.17. The van der Waals surface area contributed by atoms with Gasteiger partial charge in [0.2, 0.25) is 5.24 Å². The van der Waals surface area contributed by atoms with Crippen LogP contribution in [0.3, 0.4) is 0 Å². The van der Waals surface area contributed by atoms with E-state index in [2.05, 4.69) is 0 Å². The summed E-state index contributed by atoms with van der Waals surface area (Å²) in [6.45, 7) is 0.447. The smallest absolute Gasteiger partial charge is 0.222 e. The highest BCUT2D eigenvalue weighted by molar-refractivity contribution is 6.63. The molecule has 1 aromatic carbocycles. The van der Waals surface area contributed by atoms with Crippen LogP contribution in [-0.2, 0) is 4.79 Å². The molecular formula is C10H12ClNO. The van der Waals surface area contributed by atoms with Crippen LogP contribution in [0.4, 0.5) is 0 Å². The molecule has 2 N–H and O–H groups in total. The number of carbonyl (C=O) groups excluding carboxylic acids is 1. The molecule has 0 radical (unpaired) electrons. The number of carbonyl (C=O) groups is 1. The topological polar surface area (TPSA) is 43.1 Å². The van der Waals surface area contributed by atoms with Crippen LogP contribution < -0.4 is 5.73 Å². The van der Waals surface area contributed by atoms with E-state index in [0.29, 0.717) is 13.0 Å². The van der Waals surface area contributed by atoms with E-state index in [1.807, 2.05) is 30.3 Å². The standard InChI is InChI=1S/C10H12ClNO/c11-10(13)6-9(7-12)8-4-2-1-3-5-8/h1-5,9H,6-7,12H2. The Balaban J connectivity index is 2.73. The number of hydrogen-bond donors (Lipinski definition) is 1. The molecule has 1 unspecified atom stereocenters. The summed E-state index contributed by atoms with van der Waals surface area (Å²) < 4.78 is 0. The molecule has 0 bridgehead atoms. The largest absolute Gasteiger partial charge is 0.330 e. The van der Waals surface area contributed by atoms with E-state index < -0.39 is 0 Å². The molecule has 13 heavy (non-hydrogen) atoms. The molecule has 0 heterocycles. The second kappa shape index (κ2) is 5.00. The van der Waals surface area contributed by atoms with E-state index >= 15 is 0 Å². The summed E-state index contributed by atoms with van der Waals surface area (Å²) in [7, 11) is 0. The molecule has 0 saturated carbocycles. The highest BCUT2D eigenvalue weighted by Gasteiger charge is 2.12. The zero-order valence-electron chi connectivity index (χ0n) is 7.24. The Labute approximate surface area is 82.7 Å². The van der Waals surface area contributed by atoms with Crippen molar-refractivity contribution < 1.29 is 4.79 Å². The van der Waals surface area contributed by atoms with Crippen LogP contribution in [0.1, 0.15) is 17.9 Å². The molecule has 0 amide bonds. The number of nitrogens with two attached hydrogens (primary N) is 1. The van der Waals surface area contributed by atoms with Crippen LogP contribution in [0.5, 0.6) is 0 Å². The molecule has 70 valence electrons. The van der Waals surface area contributed by atoms with Gasteiger partial charge in [-0.15, -0.1) is 0 Å². The fourth-order valence-electron chi connectivity index (χ4n) is 1.26. The van der Waals surface area contributed by atoms with Crippen LogP contribution in [0.2, 0.25) is 0 Å². The minimum absolute atomic E-state index is 0.0474. The molecule has 0 aromatic heterocycles. The molecule has 0 spiro atoms. The molecule has 0 aliphatic rings. The van der Waals surface area contributed by atoms with Crippen molar-refractivity contribution in [1.29, 1.82) is 0 Å². The van der Waals surface area contributed by atoms with Gasteiger partial charge in [0, 0.05) is 12.3 Å². The van der Waals surface area contributed by atoms with Crippen molar-refractivity contribution in [2.75, 3.05) is 6.54 Å². The SMILES string of the molecule is NCC(CC(=O)Cl)c1ccccc1. The third kappa shape index (κ3) is 3.17. The second-order valence-electron chi connectivity index (χ2n) is 2.90. The van der Waals surface area contributed by atoms with E-state index in [-0.39, 0.29) is 11.2 Å². The summed E-state index contributed by atoms with van der Waals surface area (Å²) in [5, 5.41) is -0.334. The fraction of sp³-hybridized carbons (Fsp3) is 0.300. The van der Waals surface area contributed by atoms with Gasteiger partial charge in [-0.2, -0.15) is 0 Å². The van der Waals surface area contributed by atoms with E-state index in [9.17, 15) is 4.79 Å². The quantitative estimate of drug-likeness (QED) is 0.750. The Bertz CT molecular complexity index is 274. The lowest BCUT2D eigenvalue weighted by atomic mass is 9.97. The van der Waals surface area contributed by atoms with E-state index in [4.69, 9.17) is 17.3 Å². The minimum atomic E-state index is -0.334. The predicted molar refractivity (Wildman–Crippen MR) is 53.7 cm³/mol. The maximum absolute atomic E-state index is 10.7. The van der Waals surface area contributed by atoms with Crippen molar-refractivity contribution in [2.45, 2.75) is 12.3 Å². The Morgan fingerprint density at radius 3 is 2.46 bits per heavy atom. The average Bonchev–Trinajstić information content (AvgIpc) is 2.15. The number of halogens is 1. The fourth-order valence-corrected chi connectivity index (χ4v) is 1.44. The zero-order chi connectivity index (χ0) is 9.68. The Hall–Kier alpha value is -0.860. The summed E-state index contributed by atoms with van der Waals surface area (Å²) in [6, 6.07) is 9.70. The Kier molecular flexibility index (Phi) is 3.93. The van der Waals surface area contributed by atoms with Crippen LogP contribution in [0.25, 0.3) is 0 Å². The van der Waals surface area contributed by atoms with Crippen LogP contribution in [-0.4, -0.2) is 11.8 Å². The maximum atomic E-state index is 10.7. The van der Waals surface area contributed by atoms with Gasteiger partial charge < -0.3 is 5.73 Å². The van der Waals surface area contributed by atoms with Gasteiger partial charge in [0.05, 0.1) is 0 Å². The molecule has 1 rings (SSSR count). The van der Waals surface area contributed by atoms with E-state index in [1.54, 1.807) is 0 Å². The number of hydrogen-bond acceptors (Lipinski definition) is 2. The van der Waals surface area contributed by atoms with Gasteiger partial charge in [-0.3, -0.25) is 4.79 Å². The average molecular weight is 198 g/mol. The predicted octanol–water partition coefficient (Wildman–Crippen LogP) is 1.88. The van der Waals surface area contributed by atoms with Gasteiger partial charge in [0.1, 0.15) is 0 Å². The summed E-state index contributed by atoms with van der Waals surface area (Å²) in [4.78, 5) is 10.7. The van der Waals surface area contributed by atoms with Crippen molar-refractivity contribution in [3.63, 3.8) is 0 Å². The lowest BCUT2D eigenvalue weighted by molar-refractivity contribution is -0.112. The lowest BCUT2D eigenvalue weighted by Gasteiger charge is -2.11. The van der Waals surface area contributed by atoms with E-state index in [1.165, 1.54) is 0 Å². The van der Waals surface area contributed by atoms with Crippen molar-refractivity contribution >= 4 is 16.8 Å². The molecule has 0 saturated heterocycles. The first-order chi connectivity index (χ1) is 6.24. The van der Waals surface area contributed by atoms with E-state index in [0.717, 1.165) is 5.56 Å². The van der Waals surface area contributed by atoms with Gasteiger partial charge in [0.25, 0.3) is 0 Å². The highest BCUT2D eigenvalue weighted by atomic mass is 35.5. The van der Waals surface area contributed by atoms with Gasteiger partial charge in [-0.1, -0.05) is 30.3 Å². The van der Waals surface area contributed by atoms with Crippen LogP contribution in [0, 0.1) is 0 Å². The van der Waals surface area contributed by atoms with Crippen molar-refractivity contribution in [3.05, 3.63) is 35.9 Å². The third-order valence-electron chi connectivity index (χ3n) is 1.96. The second-order valence-corrected chi connectivity index (χ2v) is 3.32. The monoisotopic (exact) mass is 197 g/mol. The third-order valence-corrected chi connectivity index (χ3v) is 2.12. The highest BCUT2D eigenvalue weighted by Crippen LogP contribution is 2.18. The minimum Gasteiger partial charge on any atom is -0.330 e. The summed E-state index contributed by atoms with van der Waals surface area (Å²) in [5.41, 5.74) is 6.61. The Morgan fingerprint density at radius 2 is 2.00 bits per heavy atom. The molecular weight excluding hydrogens is 186 g/mol. The molecule has 2 nitrogen and oxygen atoms in total. The number of benzene rings is 1. The van der Waals surface area contributed by atoms with Crippen LogP contribution >= 0.6 is 11.6 Å². The van der Waals surface area contributed by atoms with Gasteiger partial charge >= 0.3 is 0 Å².